The third kappa shape index (κ3) is 3.31. The van der Waals surface area contributed by atoms with Crippen molar-refractivity contribution < 1.29 is 13.5 Å². The molecule has 0 saturated heterocycles. The Balaban J connectivity index is 2.33. The molecule has 2 aromatic rings. The highest BCUT2D eigenvalue weighted by molar-refractivity contribution is 5.57. The first-order chi connectivity index (χ1) is 10.2. The van der Waals surface area contributed by atoms with Gasteiger partial charge in [-0.15, -0.1) is 6.58 Å². The van der Waals surface area contributed by atoms with E-state index in [0.29, 0.717) is 6.42 Å². The molecule has 2 rings (SSSR count). The average Bonchev–Trinajstić information content (AvgIpc) is 2.50. The summed E-state index contributed by atoms with van der Waals surface area (Å²) >= 11 is 0. The summed E-state index contributed by atoms with van der Waals surface area (Å²) in [4.78, 5) is 8.08. The summed E-state index contributed by atoms with van der Waals surface area (Å²) in [6, 6.07) is 2.73. The van der Waals surface area contributed by atoms with Gasteiger partial charge >= 0.3 is 0 Å². The summed E-state index contributed by atoms with van der Waals surface area (Å²) < 4.78 is 32.9. The van der Waals surface area contributed by atoms with Crippen molar-refractivity contribution in [3.05, 3.63) is 67.0 Å². The largest absolute Gasteiger partial charge is 0.486 e. The van der Waals surface area contributed by atoms with Crippen LogP contribution in [0.5, 0.6) is 5.75 Å². The lowest BCUT2D eigenvalue weighted by Gasteiger charge is -2.08. The summed E-state index contributed by atoms with van der Waals surface area (Å²) in [6.45, 7) is 7.16. The number of rotatable bonds is 6. The molecule has 108 valence electrons. The molecule has 0 saturated carbocycles. The molecule has 0 bridgehead atoms. The Labute approximate surface area is 121 Å². The van der Waals surface area contributed by atoms with Crippen molar-refractivity contribution in [1.82, 2.24) is 9.97 Å². The molecular weight excluding hydrogens is 274 g/mol. The lowest BCUT2D eigenvalue weighted by molar-refractivity contribution is 0.333. The van der Waals surface area contributed by atoms with Crippen molar-refractivity contribution >= 4 is 0 Å². The molecule has 0 atom stereocenters. The SMILES string of the molecule is C=CCOc1ccc(-c2ncc(CC=C)cn2)c(F)c1F. The first-order valence-corrected chi connectivity index (χ1v) is 6.31. The number of nitrogens with zero attached hydrogens (tertiary/aromatic N) is 2. The standard InChI is InChI=1S/C16H14F2N2O/c1-3-5-11-9-19-16(20-10-11)12-6-7-13(21-8-4-2)15(18)14(12)17/h3-4,6-7,9-10H,1-2,5,8H2. The van der Waals surface area contributed by atoms with Gasteiger partial charge in [-0.05, 0) is 24.1 Å². The van der Waals surface area contributed by atoms with Gasteiger partial charge in [-0.25, -0.2) is 14.4 Å². The summed E-state index contributed by atoms with van der Waals surface area (Å²) in [6.07, 6.45) is 6.90. The maximum atomic E-state index is 14.0. The Bertz CT molecular complexity index is 654. The molecule has 0 unspecified atom stereocenters. The number of hydrogen-bond donors (Lipinski definition) is 0. The van der Waals surface area contributed by atoms with Crippen molar-refractivity contribution in [2.45, 2.75) is 6.42 Å². The molecule has 0 N–H and O–H groups in total. The van der Waals surface area contributed by atoms with E-state index in [0.717, 1.165) is 5.56 Å². The molecule has 5 heteroatoms. The van der Waals surface area contributed by atoms with Crippen LogP contribution in [0.3, 0.4) is 0 Å². The first kappa shape index (κ1) is 14.8. The van der Waals surface area contributed by atoms with Crippen LogP contribution in [0, 0.1) is 11.6 Å². The molecule has 0 fully saturated rings. The Morgan fingerprint density at radius 3 is 2.38 bits per heavy atom. The van der Waals surface area contributed by atoms with Gasteiger partial charge in [0.1, 0.15) is 6.61 Å². The van der Waals surface area contributed by atoms with E-state index < -0.39 is 11.6 Å². The van der Waals surface area contributed by atoms with Crippen LogP contribution < -0.4 is 4.74 Å². The van der Waals surface area contributed by atoms with Gasteiger partial charge in [-0.3, -0.25) is 0 Å². The quantitative estimate of drug-likeness (QED) is 0.760. The van der Waals surface area contributed by atoms with Crippen molar-refractivity contribution in [1.29, 1.82) is 0 Å². The molecule has 0 spiro atoms. The number of allylic oxidation sites excluding steroid dienone is 1. The minimum atomic E-state index is -1.06. The predicted octanol–water partition coefficient (Wildman–Crippen LogP) is 3.72. The Kier molecular flexibility index (Phi) is 4.77. The van der Waals surface area contributed by atoms with E-state index in [9.17, 15) is 8.78 Å². The van der Waals surface area contributed by atoms with Crippen LogP contribution in [0.2, 0.25) is 0 Å². The van der Waals surface area contributed by atoms with Crippen LogP contribution in [-0.4, -0.2) is 16.6 Å². The van der Waals surface area contributed by atoms with Gasteiger partial charge in [0.2, 0.25) is 5.82 Å². The Morgan fingerprint density at radius 1 is 1.05 bits per heavy atom. The third-order valence-corrected chi connectivity index (χ3v) is 2.73. The molecule has 0 aliphatic heterocycles. The van der Waals surface area contributed by atoms with Gasteiger partial charge in [-0.2, -0.15) is 4.39 Å². The van der Waals surface area contributed by atoms with Gasteiger partial charge in [-0.1, -0.05) is 18.7 Å². The molecule has 1 aromatic heterocycles. The van der Waals surface area contributed by atoms with Crippen LogP contribution in [-0.2, 0) is 6.42 Å². The van der Waals surface area contributed by atoms with Crippen LogP contribution in [0.15, 0.2) is 49.8 Å². The third-order valence-electron chi connectivity index (χ3n) is 2.73. The second kappa shape index (κ2) is 6.74. The zero-order valence-electron chi connectivity index (χ0n) is 11.4. The zero-order chi connectivity index (χ0) is 15.2. The van der Waals surface area contributed by atoms with Crippen LogP contribution in [0.25, 0.3) is 11.4 Å². The normalized spacial score (nSPS) is 10.2. The van der Waals surface area contributed by atoms with Crippen molar-refractivity contribution in [3.8, 4) is 17.1 Å². The van der Waals surface area contributed by atoms with E-state index in [1.165, 1.54) is 18.2 Å². The van der Waals surface area contributed by atoms with E-state index >= 15 is 0 Å². The number of aromatic nitrogens is 2. The Morgan fingerprint density at radius 2 is 1.76 bits per heavy atom. The summed E-state index contributed by atoms with van der Waals surface area (Å²) in [5.41, 5.74) is 0.837. The molecule has 21 heavy (non-hydrogen) atoms. The van der Waals surface area contributed by atoms with Gasteiger partial charge < -0.3 is 4.74 Å². The average molecular weight is 288 g/mol. The van der Waals surface area contributed by atoms with Crippen LogP contribution in [0.1, 0.15) is 5.56 Å². The van der Waals surface area contributed by atoms with Gasteiger partial charge in [0.25, 0.3) is 0 Å². The summed E-state index contributed by atoms with van der Waals surface area (Å²) in [5, 5.41) is 0. The maximum absolute atomic E-state index is 14.0. The van der Waals surface area contributed by atoms with E-state index in [4.69, 9.17) is 4.74 Å². The molecule has 1 heterocycles. The summed E-state index contributed by atoms with van der Waals surface area (Å²) in [5.74, 6) is -2.14. The molecule has 0 aliphatic carbocycles. The molecule has 1 aromatic carbocycles. The highest BCUT2D eigenvalue weighted by Gasteiger charge is 2.17. The second-order valence-corrected chi connectivity index (χ2v) is 4.25. The molecule has 0 aliphatic rings. The number of halogens is 2. The van der Waals surface area contributed by atoms with Crippen LogP contribution >= 0.6 is 0 Å². The smallest absolute Gasteiger partial charge is 0.201 e. The van der Waals surface area contributed by atoms with E-state index in [-0.39, 0.29) is 23.7 Å². The predicted molar refractivity (Wildman–Crippen MR) is 77.0 cm³/mol. The fourth-order valence-electron chi connectivity index (χ4n) is 1.73. The van der Waals surface area contributed by atoms with Gasteiger partial charge in [0.15, 0.2) is 17.4 Å². The molecule has 0 amide bonds. The Hall–Kier alpha value is -2.56. The van der Waals surface area contributed by atoms with Gasteiger partial charge in [0, 0.05) is 12.4 Å². The molecule has 0 radical (unpaired) electrons. The zero-order valence-corrected chi connectivity index (χ0v) is 11.4. The minimum Gasteiger partial charge on any atom is -0.486 e. The second-order valence-electron chi connectivity index (χ2n) is 4.25. The highest BCUT2D eigenvalue weighted by Crippen LogP contribution is 2.27. The number of hydrogen-bond acceptors (Lipinski definition) is 3. The lowest BCUT2D eigenvalue weighted by atomic mass is 10.1. The van der Waals surface area contributed by atoms with E-state index in [1.807, 2.05) is 0 Å². The topological polar surface area (TPSA) is 35.0 Å². The first-order valence-electron chi connectivity index (χ1n) is 6.31. The fraction of sp³-hybridized carbons (Fsp3) is 0.125. The fourth-order valence-corrected chi connectivity index (χ4v) is 1.73. The lowest BCUT2D eigenvalue weighted by Crippen LogP contribution is -2.01. The monoisotopic (exact) mass is 288 g/mol. The van der Waals surface area contributed by atoms with Crippen molar-refractivity contribution in [2.75, 3.05) is 6.61 Å². The highest BCUT2D eigenvalue weighted by atomic mass is 19.2. The molecular formula is C16H14F2N2O. The number of ether oxygens (including phenoxy) is 1. The maximum Gasteiger partial charge on any atom is 0.201 e. The van der Waals surface area contributed by atoms with Crippen LogP contribution in [0.4, 0.5) is 8.78 Å². The number of benzene rings is 1. The van der Waals surface area contributed by atoms with Gasteiger partial charge in [0.05, 0.1) is 5.56 Å². The van der Waals surface area contributed by atoms with Crippen molar-refractivity contribution in [3.63, 3.8) is 0 Å². The summed E-state index contributed by atoms with van der Waals surface area (Å²) in [7, 11) is 0. The molecule has 3 nitrogen and oxygen atoms in total. The van der Waals surface area contributed by atoms with Crippen molar-refractivity contribution in [2.24, 2.45) is 0 Å². The minimum absolute atomic E-state index is 0.0105. The van der Waals surface area contributed by atoms with E-state index in [1.54, 1.807) is 18.5 Å². The van der Waals surface area contributed by atoms with E-state index in [2.05, 4.69) is 23.1 Å².